The van der Waals surface area contributed by atoms with Crippen LogP contribution in [0.1, 0.15) is 26.2 Å². The predicted octanol–water partition coefficient (Wildman–Crippen LogP) is 0.136. The summed E-state index contributed by atoms with van der Waals surface area (Å²) in [7, 11) is -3.19. The Morgan fingerprint density at radius 2 is 2.19 bits per heavy atom. The standard InChI is InChI=1S/C10H20N2O3S/c1-9-8-11-5-6-12(16(9,13)14)10-4-2-3-7-15-10/h9-11H,2-8H2,1H3. The van der Waals surface area contributed by atoms with E-state index in [0.717, 1.165) is 19.3 Å². The van der Waals surface area contributed by atoms with E-state index in [1.165, 1.54) is 0 Å². The molecule has 2 atom stereocenters. The van der Waals surface area contributed by atoms with Crippen LogP contribution < -0.4 is 5.32 Å². The van der Waals surface area contributed by atoms with Gasteiger partial charge in [-0.3, -0.25) is 0 Å². The van der Waals surface area contributed by atoms with Crippen molar-refractivity contribution in [3.8, 4) is 0 Å². The van der Waals surface area contributed by atoms with Crippen molar-refractivity contribution in [3.63, 3.8) is 0 Å². The summed E-state index contributed by atoms with van der Waals surface area (Å²) < 4.78 is 31.6. The first kappa shape index (κ1) is 12.3. The average molecular weight is 248 g/mol. The Morgan fingerprint density at radius 3 is 2.88 bits per heavy atom. The van der Waals surface area contributed by atoms with Crippen LogP contribution in [-0.4, -0.2) is 50.4 Å². The smallest absolute Gasteiger partial charge is 0.220 e. The van der Waals surface area contributed by atoms with Gasteiger partial charge < -0.3 is 10.1 Å². The predicted molar refractivity (Wildman–Crippen MR) is 61.5 cm³/mol. The lowest BCUT2D eigenvalue weighted by atomic mass is 10.2. The monoisotopic (exact) mass is 248 g/mol. The number of hydrogen-bond donors (Lipinski definition) is 1. The van der Waals surface area contributed by atoms with Crippen molar-refractivity contribution < 1.29 is 13.2 Å². The van der Waals surface area contributed by atoms with E-state index in [1.807, 2.05) is 0 Å². The van der Waals surface area contributed by atoms with E-state index in [2.05, 4.69) is 5.32 Å². The molecule has 2 fully saturated rings. The summed E-state index contributed by atoms with van der Waals surface area (Å²) in [5, 5.41) is 2.78. The van der Waals surface area contributed by atoms with Crippen LogP contribution in [0.2, 0.25) is 0 Å². The fraction of sp³-hybridized carbons (Fsp3) is 1.00. The first-order valence-electron chi connectivity index (χ1n) is 5.95. The molecule has 94 valence electrons. The second-order valence-electron chi connectivity index (χ2n) is 4.49. The molecule has 0 radical (unpaired) electrons. The van der Waals surface area contributed by atoms with Crippen LogP contribution in [0.25, 0.3) is 0 Å². The zero-order chi connectivity index (χ0) is 11.6. The first-order valence-corrected chi connectivity index (χ1v) is 7.45. The van der Waals surface area contributed by atoms with E-state index >= 15 is 0 Å². The maximum absolute atomic E-state index is 12.2. The van der Waals surface area contributed by atoms with Crippen molar-refractivity contribution in [1.82, 2.24) is 9.62 Å². The van der Waals surface area contributed by atoms with Crippen molar-refractivity contribution in [3.05, 3.63) is 0 Å². The molecule has 0 amide bonds. The molecule has 2 aliphatic rings. The van der Waals surface area contributed by atoms with Gasteiger partial charge in [-0.15, -0.1) is 0 Å². The maximum atomic E-state index is 12.2. The van der Waals surface area contributed by atoms with E-state index in [-0.39, 0.29) is 11.5 Å². The number of nitrogens with one attached hydrogen (secondary N) is 1. The largest absolute Gasteiger partial charge is 0.362 e. The summed E-state index contributed by atoms with van der Waals surface area (Å²) in [5.74, 6) is 0. The third kappa shape index (κ3) is 2.40. The fourth-order valence-electron chi connectivity index (χ4n) is 2.22. The van der Waals surface area contributed by atoms with Gasteiger partial charge in [0.15, 0.2) is 0 Å². The first-order chi connectivity index (χ1) is 7.62. The molecule has 0 aliphatic carbocycles. The van der Waals surface area contributed by atoms with Gasteiger partial charge in [0, 0.05) is 26.2 Å². The molecule has 0 bridgehead atoms. The normalized spacial score (nSPS) is 36.8. The average Bonchev–Trinajstić information content (AvgIpc) is 2.41. The minimum Gasteiger partial charge on any atom is -0.362 e. The molecule has 2 unspecified atom stereocenters. The molecule has 2 heterocycles. The highest BCUT2D eigenvalue weighted by atomic mass is 32.2. The highest BCUT2D eigenvalue weighted by Crippen LogP contribution is 2.22. The van der Waals surface area contributed by atoms with E-state index in [4.69, 9.17) is 4.74 Å². The van der Waals surface area contributed by atoms with Crippen molar-refractivity contribution in [2.75, 3.05) is 26.2 Å². The molecule has 6 heteroatoms. The van der Waals surface area contributed by atoms with Gasteiger partial charge in [-0.1, -0.05) is 0 Å². The number of sulfonamides is 1. The Bertz CT molecular complexity index is 325. The Labute approximate surface area is 97.2 Å². The molecule has 2 rings (SSSR count). The minimum absolute atomic E-state index is 0.235. The highest BCUT2D eigenvalue weighted by molar-refractivity contribution is 7.89. The van der Waals surface area contributed by atoms with Crippen LogP contribution in [0.5, 0.6) is 0 Å². The van der Waals surface area contributed by atoms with Crippen molar-refractivity contribution in [2.24, 2.45) is 0 Å². The summed E-state index contributed by atoms with van der Waals surface area (Å²) in [4.78, 5) is 0. The zero-order valence-corrected chi connectivity index (χ0v) is 10.5. The van der Waals surface area contributed by atoms with E-state index in [1.54, 1.807) is 11.2 Å². The third-order valence-corrected chi connectivity index (χ3v) is 5.51. The number of ether oxygens (including phenoxy) is 1. The second-order valence-corrected chi connectivity index (χ2v) is 6.80. The Balaban J connectivity index is 2.16. The van der Waals surface area contributed by atoms with Crippen LogP contribution in [0.15, 0.2) is 0 Å². The van der Waals surface area contributed by atoms with Gasteiger partial charge in [-0.2, -0.15) is 4.31 Å². The Kier molecular flexibility index (Phi) is 3.84. The lowest BCUT2D eigenvalue weighted by molar-refractivity contribution is -0.0487. The van der Waals surface area contributed by atoms with Crippen LogP contribution in [0.3, 0.4) is 0 Å². The van der Waals surface area contributed by atoms with Gasteiger partial charge in [0.2, 0.25) is 10.0 Å². The van der Waals surface area contributed by atoms with E-state index in [0.29, 0.717) is 26.2 Å². The van der Waals surface area contributed by atoms with Crippen LogP contribution in [0, 0.1) is 0 Å². The summed E-state index contributed by atoms with van der Waals surface area (Å²) in [5.41, 5.74) is 0. The fourth-order valence-corrected chi connectivity index (χ4v) is 3.85. The number of hydrogen-bond acceptors (Lipinski definition) is 4. The molecule has 0 aromatic rings. The molecule has 0 aromatic carbocycles. The quantitative estimate of drug-likeness (QED) is 0.717. The summed E-state index contributed by atoms with van der Waals surface area (Å²) in [6.45, 7) is 4.20. The molecule has 16 heavy (non-hydrogen) atoms. The summed E-state index contributed by atoms with van der Waals surface area (Å²) >= 11 is 0. The summed E-state index contributed by atoms with van der Waals surface area (Å²) in [6, 6.07) is 0. The topological polar surface area (TPSA) is 58.6 Å². The minimum atomic E-state index is -3.19. The molecule has 1 N–H and O–H groups in total. The molecule has 0 spiro atoms. The van der Waals surface area contributed by atoms with Gasteiger partial charge in [-0.25, -0.2) is 8.42 Å². The van der Waals surface area contributed by atoms with Gasteiger partial charge in [0.1, 0.15) is 6.23 Å². The molecular formula is C10H20N2O3S. The Morgan fingerprint density at radius 1 is 1.38 bits per heavy atom. The van der Waals surface area contributed by atoms with E-state index in [9.17, 15) is 8.42 Å². The maximum Gasteiger partial charge on any atom is 0.220 e. The second kappa shape index (κ2) is 5.00. The Hall–Kier alpha value is -0.170. The molecule has 0 aromatic heterocycles. The molecule has 2 aliphatic heterocycles. The van der Waals surface area contributed by atoms with Crippen molar-refractivity contribution >= 4 is 10.0 Å². The van der Waals surface area contributed by atoms with Crippen molar-refractivity contribution in [2.45, 2.75) is 37.7 Å². The van der Waals surface area contributed by atoms with Gasteiger partial charge in [-0.05, 0) is 26.2 Å². The lowest BCUT2D eigenvalue weighted by Gasteiger charge is -2.33. The number of nitrogens with zero attached hydrogens (tertiary/aromatic N) is 1. The van der Waals surface area contributed by atoms with E-state index < -0.39 is 10.0 Å². The van der Waals surface area contributed by atoms with Crippen LogP contribution in [0.4, 0.5) is 0 Å². The van der Waals surface area contributed by atoms with Gasteiger partial charge in [0.05, 0.1) is 5.25 Å². The molecular weight excluding hydrogens is 228 g/mol. The van der Waals surface area contributed by atoms with Gasteiger partial charge in [0.25, 0.3) is 0 Å². The SMILES string of the molecule is CC1CNCCN(C2CCCCO2)S1(=O)=O. The third-order valence-electron chi connectivity index (χ3n) is 3.25. The highest BCUT2D eigenvalue weighted by Gasteiger charge is 2.36. The lowest BCUT2D eigenvalue weighted by Crippen LogP contribution is -2.47. The molecule has 2 saturated heterocycles. The zero-order valence-electron chi connectivity index (χ0n) is 9.68. The van der Waals surface area contributed by atoms with Gasteiger partial charge >= 0.3 is 0 Å². The number of rotatable bonds is 1. The molecule has 5 nitrogen and oxygen atoms in total. The van der Waals surface area contributed by atoms with Crippen molar-refractivity contribution in [1.29, 1.82) is 0 Å². The molecule has 0 saturated carbocycles. The summed E-state index contributed by atoms with van der Waals surface area (Å²) in [6.07, 6.45) is 2.68. The van der Waals surface area contributed by atoms with Crippen LogP contribution in [-0.2, 0) is 14.8 Å². The van der Waals surface area contributed by atoms with Crippen LogP contribution >= 0.6 is 0 Å².